The van der Waals surface area contributed by atoms with Crippen LogP contribution in [0.15, 0.2) is 6.07 Å². The van der Waals surface area contributed by atoms with E-state index in [0.717, 1.165) is 49.3 Å². The molecule has 1 atom stereocenters. The number of hydrogen-bond acceptors (Lipinski definition) is 4. The summed E-state index contributed by atoms with van der Waals surface area (Å²) in [5.41, 5.74) is 3.20. The second kappa shape index (κ2) is 5.88. The number of rotatable bonds is 4. The Morgan fingerprint density at radius 2 is 2.18 bits per heavy atom. The smallest absolute Gasteiger partial charge is 0.223 e. The van der Waals surface area contributed by atoms with E-state index < -0.39 is 0 Å². The van der Waals surface area contributed by atoms with E-state index in [1.54, 1.807) is 7.11 Å². The Kier molecular flexibility index (Phi) is 4.08. The van der Waals surface area contributed by atoms with Crippen LogP contribution in [0.5, 0.6) is 5.88 Å². The van der Waals surface area contributed by atoms with Crippen molar-refractivity contribution in [1.82, 2.24) is 10.3 Å². The predicted molar refractivity (Wildman–Crippen MR) is 82.7 cm³/mol. The molecule has 1 saturated carbocycles. The van der Waals surface area contributed by atoms with Gasteiger partial charge in [0.2, 0.25) is 11.8 Å². The topological polar surface area (TPSA) is 60.5 Å². The van der Waals surface area contributed by atoms with Gasteiger partial charge in [-0.05, 0) is 50.2 Å². The number of carbonyl (C=O) groups excluding carboxylic acids is 1. The molecule has 5 nitrogen and oxygen atoms in total. The number of nitrogens with zero attached hydrogens (tertiary/aromatic N) is 1. The number of ether oxygens (including phenoxy) is 2. The summed E-state index contributed by atoms with van der Waals surface area (Å²) in [5, 5.41) is 3.07. The molecule has 1 unspecified atom stereocenters. The number of aryl methyl sites for hydroxylation is 2. The molecule has 1 aliphatic heterocycles. The zero-order chi connectivity index (χ0) is 15.7. The van der Waals surface area contributed by atoms with Gasteiger partial charge in [-0.15, -0.1) is 0 Å². The highest BCUT2D eigenvalue weighted by molar-refractivity contribution is 5.82. The molecule has 0 aromatic carbocycles. The number of amides is 1. The lowest BCUT2D eigenvalue weighted by Gasteiger charge is -2.22. The molecule has 2 heterocycles. The first kappa shape index (κ1) is 15.3. The molecule has 2 fully saturated rings. The van der Waals surface area contributed by atoms with Crippen LogP contribution >= 0.6 is 0 Å². The van der Waals surface area contributed by atoms with Crippen molar-refractivity contribution in [2.45, 2.75) is 39.7 Å². The van der Waals surface area contributed by atoms with Crippen LogP contribution in [-0.4, -0.2) is 31.2 Å². The van der Waals surface area contributed by atoms with Crippen LogP contribution in [0.25, 0.3) is 0 Å². The van der Waals surface area contributed by atoms with Crippen molar-refractivity contribution in [2.75, 3.05) is 20.3 Å². The van der Waals surface area contributed by atoms with E-state index in [4.69, 9.17) is 9.47 Å². The quantitative estimate of drug-likeness (QED) is 0.926. The molecule has 3 rings (SSSR count). The molecule has 5 heteroatoms. The molecule has 2 aliphatic rings. The molecule has 1 saturated heterocycles. The van der Waals surface area contributed by atoms with E-state index in [9.17, 15) is 4.79 Å². The monoisotopic (exact) mass is 304 g/mol. The number of carbonyl (C=O) groups is 1. The lowest BCUT2D eigenvalue weighted by Crippen LogP contribution is -2.29. The highest BCUT2D eigenvalue weighted by Crippen LogP contribution is 2.59. The molecule has 1 amide bonds. The highest BCUT2D eigenvalue weighted by Gasteiger charge is 2.57. The second-order valence-electron chi connectivity index (χ2n) is 6.52. The maximum atomic E-state index is 12.4. The normalized spacial score (nSPS) is 22.4. The fourth-order valence-electron chi connectivity index (χ4n) is 3.56. The standard InChI is InChI=1S/C17H24N2O3/c1-11-8-12(2)19-16(21-3)13(11)10-18-15(20)14-9-17(14)4-6-22-7-5-17/h8,14H,4-7,9-10H2,1-3H3,(H,18,20). The fraction of sp³-hybridized carbons (Fsp3) is 0.647. The summed E-state index contributed by atoms with van der Waals surface area (Å²) in [6.45, 7) is 6.02. The van der Waals surface area contributed by atoms with E-state index in [-0.39, 0.29) is 17.2 Å². The number of aromatic nitrogens is 1. The van der Waals surface area contributed by atoms with Gasteiger partial charge in [-0.2, -0.15) is 0 Å². The van der Waals surface area contributed by atoms with Crippen LogP contribution in [0.4, 0.5) is 0 Å². The van der Waals surface area contributed by atoms with Gasteiger partial charge in [-0.3, -0.25) is 4.79 Å². The molecule has 22 heavy (non-hydrogen) atoms. The van der Waals surface area contributed by atoms with Crippen molar-refractivity contribution in [3.8, 4) is 5.88 Å². The van der Waals surface area contributed by atoms with Crippen LogP contribution in [-0.2, 0) is 16.1 Å². The molecule has 120 valence electrons. The van der Waals surface area contributed by atoms with Gasteiger partial charge >= 0.3 is 0 Å². The van der Waals surface area contributed by atoms with E-state index >= 15 is 0 Å². The Balaban J connectivity index is 1.63. The van der Waals surface area contributed by atoms with Gasteiger partial charge in [0.05, 0.1) is 7.11 Å². The van der Waals surface area contributed by atoms with Gasteiger partial charge in [0.15, 0.2) is 0 Å². The molecule has 0 bridgehead atoms. The minimum Gasteiger partial charge on any atom is -0.481 e. The minimum atomic E-state index is 0.154. The van der Waals surface area contributed by atoms with E-state index in [2.05, 4.69) is 10.3 Å². The fourth-order valence-corrected chi connectivity index (χ4v) is 3.56. The first-order chi connectivity index (χ1) is 10.6. The van der Waals surface area contributed by atoms with Crippen molar-refractivity contribution in [2.24, 2.45) is 11.3 Å². The van der Waals surface area contributed by atoms with Crippen molar-refractivity contribution >= 4 is 5.91 Å². The SMILES string of the molecule is COc1nc(C)cc(C)c1CNC(=O)C1CC12CCOCC2. The molecule has 0 radical (unpaired) electrons. The highest BCUT2D eigenvalue weighted by atomic mass is 16.5. The number of pyridine rings is 1. The Morgan fingerprint density at radius 3 is 2.86 bits per heavy atom. The summed E-state index contributed by atoms with van der Waals surface area (Å²) in [7, 11) is 1.62. The zero-order valence-corrected chi connectivity index (χ0v) is 13.6. The average molecular weight is 304 g/mol. The lowest BCUT2D eigenvalue weighted by molar-refractivity contribution is -0.123. The van der Waals surface area contributed by atoms with Crippen LogP contribution in [0.1, 0.15) is 36.1 Å². The first-order valence-corrected chi connectivity index (χ1v) is 7.92. The Labute approximate surface area is 131 Å². The molecule has 1 aromatic heterocycles. The molecule has 1 aromatic rings. The summed E-state index contributed by atoms with van der Waals surface area (Å²) < 4.78 is 10.7. The van der Waals surface area contributed by atoms with Crippen LogP contribution < -0.4 is 10.1 Å². The van der Waals surface area contributed by atoms with Gasteiger partial charge < -0.3 is 14.8 Å². The largest absolute Gasteiger partial charge is 0.481 e. The molecular weight excluding hydrogens is 280 g/mol. The molecular formula is C17H24N2O3. The number of hydrogen-bond donors (Lipinski definition) is 1. The summed E-state index contributed by atoms with van der Waals surface area (Å²) in [6.07, 6.45) is 3.03. The third-order valence-electron chi connectivity index (χ3n) is 5.06. The molecule has 1 aliphatic carbocycles. The Hall–Kier alpha value is -1.62. The van der Waals surface area contributed by atoms with Crippen LogP contribution in [0.3, 0.4) is 0 Å². The van der Waals surface area contributed by atoms with E-state index in [1.165, 1.54) is 0 Å². The summed E-state index contributed by atoms with van der Waals surface area (Å²) in [5.74, 6) is 0.916. The second-order valence-corrected chi connectivity index (χ2v) is 6.52. The van der Waals surface area contributed by atoms with Gasteiger partial charge in [0.1, 0.15) is 0 Å². The first-order valence-electron chi connectivity index (χ1n) is 7.92. The Bertz CT molecular complexity index is 580. The van der Waals surface area contributed by atoms with E-state index in [1.807, 2.05) is 19.9 Å². The predicted octanol–water partition coefficient (Wildman–Crippen LogP) is 2.14. The summed E-state index contributed by atoms with van der Waals surface area (Å²) >= 11 is 0. The van der Waals surface area contributed by atoms with Gasteiger partial charge in [0, 0.05) is 36.9 Å². The third kappa shape index (κ3) is 2.82. The zero-order valence-electron chi connectivity index (χ0n) is 13.6. The summed E-state index contributed by atoms with van der Waals surface area (Å²) in [4.78, 5) is 16.8. The van der Waals surface area contributed by atoms with E-state index in [0.29, 0.717) is 12.4 Å². The maximum absolute atomic E-state index is 12.4. The Morgan fingerprint density at radius 1 is 1.45 bits per heavy atom. The molecule has 1 N–H and O–H groups in total. The van der Waals surface area contributed by atoms with Crippen LogP contribution in [0.2, 0.25) is 0 Å². The maximum Gasteiger partial charge on any atom is 0.223 e. The minimum absolute atomic E-state index is 0.154. The average Bonchev–Trinajstić information content (AvgIpc) is 3.19. The van der Waals surface area contributed by atoms with Crippen molar-refractivity contribution < 1.29 is 14.3 Å². The summed E-state index contributed by atoms with van der Waals surface area (Å²) in [6, 6.07) is 2.01. The van der Waals surface area contributed by atoms with Crippen molar-refractivity contribution in [1.29, 1.82) is 0 Å². The van der Waals surface area contributed by atoms with Gasteiger partial charge in [0.25, 0.3) is 0 Å². The number of methoxy groups -OCH3 is 1. The van der Waals surface area contributed by atoms with Gasteiger partial charge in [-0.1, -0.05) is 0 Å². The van der Waals surface area contributed by atoms with Crippen LogP contribution in [0, 0.1) is 25.2 Å². The lowest BCUT2D eigenvalue weighted by atomic mass is 9.93. The van der Waals surface area contributed by atoms with Crippen molar-refractivity contribution in [3.05, 3.63) is 22.9 Å². The third-order valence-corrected chi connectivity index (χ3v) is 5.06. The number of nitrogens with one attached hydrogen (secondary N) is 1. The van der Waals surface area contributed by atoms with Gasteiger partial charge in [-0.25, -0.2) is 4.98 Å². The molecule has 1 spiro atoms. The van der Waals surface area contributed by atoms with Crippen molar-refractivity contribution in [3.63, 3.8) is 0 Å².